The average molecular weight is 129 g/mol. The minimum absolute atomic E-state index is 0.400. The Morgan fingerprint density at radius 2 is 2.22 bits per heavy atom. The summed E-state index contributed by atoms with van der Waals surface area (Å²) in [7, 11) is 0. The first-order valence-electron chi connectivity index (χ1n) is 3.59. The summed E-state index contributed by atoms with van der Waals surface area (Å²) in [5.41, 5.74) is 4.78. The molecule has 1 saturated carbocycles. The Balaban J connectivity index is 2.37. The first-order valence-corrected chi connectivity index (χ1v) is 3.59. The minimum Gasteiger partial charge on any atom is -0.389 e. The second-order valence-corrected chi connectivity index (χ2v) is 3.19. The van der Waals surface area contributed by atoms with Gasteiger partial charge in [0, 0.05) is 6.54 Å². The van der Waals surface area contributed by atoms with E-state index >= 15 is 0 Å². The quantitative estimate of drug-likeness (QED) is 0.570. The van der Waals surface area contributed by atoms with Crippen molar-refractivity contribution >= 4 is 0 Å². The van der Waals surface area contributed by atoms with E-state index in [0.29, 0.717) is 12.5 Å². The van der Waals surface area contributed by atoms with Gasteiger partial charge in [0.1, 0.15) is 0 Å². The van der Waals surface area contributed by atoms with E-state index in [-0.39, 0.29) is 0 Å². The number of rotatable bonds is 2. The third-order valence-electron chi connectivity index (χ3n) is 2.40. The first-order chi connectivity index (χ1) is 4.17. The zero-order valence-corrected chi connectivity index (χ0v) is 5.93. The summed E-state index contributed by atoms with van der Waals surface area (Å²) in [5.74, 6) is 0.475. The van der Waals surface area contributed by atoms with Crippen LogP contribution in [0.3, 0.4) is 0 Å². The lowest BCUT2D eigenvalue weighted by molar-refractivity contribution is -0.0264. The highest BCUT2D eigenvalue weighted by Gasteiger charge is 2.34. The fourth-order valence-electron chi connectivity index (χ4n) is 1.20. The fraction of sp³-hybridized carbons (Fsp3) is 1.00. The molecule has 0 amide bonds. The highest BCUT2D eigenvalue weighted by Crippen LogP contribution is 2.35. The van der Waals surface area contributed by atoms with Crippen LogP contribution in [0.25, 0.3) is 0 Å². The smallest absolute Gasteiger partial charge is 0.0769 e. The van der Waals surface area contributed by atoms with Gasteiger partial charge in [-0.25, -0.2) is 0 Å². The molecular formula is C7H15NO. The van der Waals surface area contributed by atoms with Crippen molar-refractivity contribution in [3.05, 3.63) is 0 Å². The summed E-state index contributed by atoms with van der Waals surface area (Å²) in [6, 6.07) is 0. The summed E-state index contributed by atoms with van der Waals surface area (Å²) in [5, 5.41) is 9.52. The second-order valence-electron chi connectivity index (χ2n) is 3.19. The van der Waals surface area contributed by atoms with E-state index in [1.165, 1.54) is 6.42 Å². The van der Waals surface area contributed by atoms with Gasteiger partial charge < -0.3 is 10.8 Å². The minimum atomic E-state index is -0.585. The van der Waals surface area contributed by atoms with Gasteiger partial charge >= 0.3 is 0 Å². The van der Waals surface area contributed by atoms with Crippen molar-refractivity contribution in [2.75, 3.05) is 6.54 Å². The standard InChI is InChI=1S/C7H15NO/c1-7(9,5-8)6-3-2-4-6/h6,9H,2-5,8H2,1H3/t7-/m1/s1. The van der Waals surface area contributed by atoms with E-state index in [4.69, 9.17) is 5.73 Å². The molecule has 1 fully saturated rings. The van der Waals surface area contributed by atoms with Crippen LogP contribution < -0.4 is 5.73 Å². The molecule has 1 rings (SSSR count). The molecule has 0 spiro atoms. The lowest BCUT2D eigenvalue weighted by Gasteiger charge is -2.37. The number of hydrogen-bond acceptors (Lipinski definition) is 2. The maximum absolute atomic E-state index is 9.52. The Kier molecular flexibility index (Phi) is 1.78. The molecule has 0 aromatic heterocycles. The van der Waals surface area contributed by atoms with E-state index in [1.807, 2.05) is 6.92 Å². The van der Waals surface area contributed by atoms with Crippen molar-refractivity contribution < 1.29 is 5.11 Å². The van der Waals surface area contributed by atoms with Gasteiger partial charge in [0.2, 0.25) is 0 Å². The van der Waals surface area contributed by atoms with Crippen molar-refractivity contribution in [2.24, 2.45) is 11.7 Å². The highest BCUT2D eigenvalue weighted by molar-refractivity contribution is 4.87. The Morgan fingerprint density at radius 1 is 1.67 bits per heavy atom. The number of hydrogen-bond donors (Lipinski definition) is 2. The molecule has 0 radical (unpaired) electrons. The molecule has 0 bridgehead atoms. The molecule has 0 aromatic rings. The summed E-state index contributed by atoms with van der Waals surface area (Å²) < 4.78 is 0. The maximum atomic E-state index is 9.52. The van der Waals surface area contributed by atoms with Gasteiger partial charge in [-0.2, -0.15) is 0 Å². The Morgan fingerprint density at radius 3 is 2.33 bits per heavy atom. The molecule has 0 aliphatic heterocycles. The van der Waals surface area contributed by atoms with Gasteiger partial charge in [-0.1, -0.05) is 6.42 Å². The van der Waals surface area contributed by atoms with Gasteiger partial charge in [-0.3, -0.25) is 0 Å². The third kappa shape index (κ3) is 1.25. The summed E-state index contributed by atoms with van der Waals surface area (Å²) in [6.45, 7) is 2.23. The molecule has 3 N–H and O–H groups in total. The van der Waals surface area contributed by atoms with Crippen LogP contribution in [0.4, 0.5) is 0 Å². The monoisotopic (exact) mass is 129 g/mol. The van der Waals surface area contributed by atoms with Crippen LogP contribution in [0.5, 0.6) is 0 Å². The van der Waals surface area contributed by atoms with Crippen molar-refractivity contribution in [1.82, 2.24) is 0 Å². The molecule has 1 aliphatic rings. The molecule has 1 aliphatic carbocycles. The zero-order chi connectivity index (χ0) is 6.91. The van der Waals surface area contributed by atoms with E-state index in [0.717, 1.165) is 12.8 Å². The van der Waals surface area contributed by atoms with E-state index in [9.17, 15) is 5.11 Å². The Bertz CT molecular complexity index is 97.1. The largest absolute Gasteiger partial charge is 0.389 e. The van der Waals surface area contributed by atoms with Crippen molar-refractivity contribution in [1.29, 1.82) is 0 Å². The maximum Gasteiger partial charge on any atom is 0.0769 e. The predicted molar refractivity (Wildman–Crippen MR) is 37.0 cm³/mol. The van der Waals surface area contributed by atoms with Crippen LogP contribution in [0.1, 0.15) is 26.2 Å². The zero-order valence-electron chi connectivity index (χ0n) is 5.93. The van der Waals surface area contributed by atoms with Gasteiger partial charge in [0.25, 0.3) is 0 Å². The summed E-state index contributed by atoms with van der Waals surface area (Å²) in [6.07, 6.45) is 3.58. The highest BCUT2D eigenvalue weighted by atomic mass is 16.3. The first kappa shape index (κ1) is 7.03. The van der Waals surface area contributed by atoms with Crippen LogP contribution >= 0.6 is 0 Å². The molecule has 2 nitrogen and oxygen atoms in total. The van der Waals surface area contributed by atoms with Crippen LogP contribution in [-0.2, 0) is 0 Å². The average Bonchev–Trinajstić information content (AvgIpc) is 1.60. The van der Waals surface area contributed by atoms with Crippen LogP contribution in [0.15, 0.2) is 0 Å². The Labute approximate surface area is 56.1 Å². The van der Waals surface area contributed by atoms with Crippen LogP contribution in [0, 0.1) is 5.92 Å². The lowest BCUT2D eigenvalue weighted by Crippen LogP contribution is -2.44. The molecule has 9 heavy (non-hydrogen) atoms. The summed E-state index contributed by atoms with van der Waals surface area (Å²) >= 11 is 0. The van der Waals surface area contributed by atoms with Gasteiger partial charge in [-0.05, 0) is 25.7 Å². The van der Waals surface area contributed by atoms with Crippen LogP contribution in [0.2, 0.25) is 0 Å². The molecule has 1 atom stereocenters. The molecule has 54 valence electrons. The number of nitrogens with two attached hydrogens (primary N) is 1. The third-order valence-corrected chi connectivity index (χ3v) is 2.40. The Hall–Kier alpha value is -0.0800. The molecule has 0 heterocycles. The molecule has 0 unspecified atom stereocenters. The van der Waals surface area contributed by atoms with Crippen LogP contribution in [-0.4, -0.2) is 17.3 Å². The fourth-order valence-corrected chi connectivity index (χ4v) is 1.20. The van der Waals surface area contributed by atoms with E-state index in [1.54, 1.807) is 0 Å². The molecule has 2 heteroatoms. The lowest BCUT2D eigenvalue weighted by atomic mass is 9.74. The SMILES string of the molecule is C[C@@](O)(CN)C1CCC1. The van der Waals surface area contributed by atoms with Gasteiger partial charge in [0.05, 0.1) is 5.60 Å². The van der Waals surface area contributed by atoms with Crippen molar-refractivity contribution in [3.8, 4) is 0 Å². The molecule has 0 aromatic carbocycles. The predicted octanol–water partition coefficient (Wildman–Crippen LogP) is 0.496. The molecular weight excluding hydrogens is 114 g/mol. The van der Waals surface area contributed by atoms with E-state index < -0.39 is 5.60 Å². The van der Waals surface area contributed by atoms with E-state index in [2.05, 4.69) is 0 Å². The van der Waals surface area contributed by atoms with Gasteiger partial charge in [-0.15, -0.1) is 0 Å². The van der Waals surface area contributed by atoms with Crippen molar-refractivity contribution in [2.45, 2.75) is 31.8 Å². The van der Waals surface area contributed by atoms with Crippen molar-refractivity contribution in [3.63, 3.8) is 0 Å². The number of aliphatic hydroxyl groups is 1. The molecule has 0 saturated heterocycles. The summed E-state index contributed by atoms with van der Waals surface area (Å²) in [4.78, 5) is 0. The second kappa shape index (κ2) is 2.27. The van der Waals surface area contributed by atoms with Gasteiger partial charge in [0.15, 0.2) is 0 Å². The normalized spacial score (nSPS) is 27.0. The topological polar surface area (TPSA) is 46.2 Å².